The van der Waals surface area contributed by atoms with Crippen LogP contribution in [0.5, 0.6) is 0 Å². The Bertz CT molecular complexity index is 473. The van der Waals surface area contributed by atoms with E-state index in [1.807, 2.05) is 6.92 Å². The van der Waals surface area contributed by atoms with Crippen LogP contribution in [0.4, 0.5) is 0 Å². The van der Waals surface area contributed by atoms with Crippen molar-refractivity contribution in [2.24, 2.45) is 0 Å². The number of carboxylic acids is 1. The first-order chi connectivity index (χ1) is 9.45. The third-order valence-corrected chi connectivity index (χ3v) is 3.53. The zero-order valence-corrected chi connectivity index (χ0v) is 12.3. The Morgan fingerprint density at radius 3 is 2.65 bits per heavy atom. The number of nitrogens with zero attached hydrogens (tertiary/aromatic N) is 1. The van der Waals surface area contributed by atoms with E-state index in [1.54, 1.807) is 17.5 Å². The van der Waals surface area contributed by atoms with Gasteiger partial charge in [0.2, 0.25) is 5.91 Å². The molecule has 0 aliphatic rings. The Hall–Kier alpha value is -1.89. The summed E-state index contributed by atoms with van der Waals surface area (Å²) in [7, 11) is 1.51. The van der Waals surface area contributed by atoms with E-state index in [1.165, 1.54) is 23.3 Å². The molecule has 0 spiro atoms. The summed E-state index contributed by atoms with van der Waals surface area (Å²) in [6, 6.07) is 2.53. The highest BCUT2D eigenvalue weighted by Crippen LogP contribution is 2.10. The SMILES string of the molecule is CCC[C@H](NC(=O)CN(C)C(=O)c1cccs1)C(=O)O. The fourth-order valence-electron chi connectivity index (χ4n) is 1.66. The molecule has 0 fully saturated rings. The van der Waals surface area contributed by atoms with E-state index >= 15 is 0 Å². The molecule has 110 valence electrons. The molecule has 0 bridgehead atoms. The number of carbonyl (C=O) groups excluding carboxylic acids is 2. The van der Waals surface area contributed by atoms with Crippen LogP contribution in [0.25, 0.3) is 0 Å². The van der Waals surface area contributed by atoms with Crippen molar-refractivity contribution in [2.45, 2.75) is 25.8 Å². The van der Waals surface area contributed by atoms with Crippen molar-refractivity contribution >= 4 is 29.1 Å². The summed E-state index contributed by atoms with van der Waals surface area (Å²) in [6.45, 7) is 1.68. The number of carboxylic acid groups (broad SMARTS) is 1. The third-order valence-electron chi connectivity index (χ3n) is 2.67. The first kappa shape index (κ1) is 16.2. The molecule has 0 unspecified atom stereocenters. The number of carbonyl (C=O) groups is 3. The zero-order chi connectivity index (χ0) is 15.1. The Balaban J connectivity index is 2.53. The summed E-state index contributed by atoms with van der Waals surface area (Å²) in [5, 5.41) is 13.2. The second kappa shape index (κ2) is 7.64. The molecule has 1 heterocycles. The van der Waals surface area contributed by atoms with E-state index < -0.39 is 17.9 Å². The van der Waals surface area contributed by atoms with Gasteiger partial charge in [0.05, 0.1) is 11.4 Å². The quantitative estimate of drug-likeness (QED) is 0.791. The minimum atomic E-state index is -1.06. The van der Waals surface area contributed by atoms with Crippen LogP contribution >= 0.6 is 11.3 Å². The molecule has 0 aliphatic heterocycles. The van der Waals surface area contributed by atoms with Gasteiger partial charge in [0.1, 0.15) is 6.04 Å². The fourth-order valence-corrected chi connectivity index (χ4v) is 2.38. The summed E-state index contributed by atoms with van der Waals surface area (Å²) in [5.74, 6) is -1.79. The van der Waals surface area contributed by atoms with E-state index in [0.717, 1.165) is 0 Å². The normalized spacial score (nSPS) is 11.7. The van der Waals surface area contributed by atoms with Crippen molar-refractivity contribution < 1.29 is 19.5 Å². The van der Waals surface area contributed by atoms with Crippen molar-refractivity contribution in [1.29, 1.82) is 0 Å². The van der Waals surface area contributed by atoms with Gasteiger partial charge in [0.25, 0.3) is 5.91 Å². The molecule has 0 aromatic carbocycles. The van der Waals surface area contributed by atoms with E-state index in [0.29, 0.717) is 17.7 Å². The highest BCUT2D eigenvalue weighted by Gasteiger charge is 2.21. The van der Waals surface area contributed by atoms with Crippen LogP contribution in [0.1, 0.15) is 29.4 Å². The third kappa shape index (κ3) is 4.65. The lowest BCUT2D eigenvalue weighted by atomic mass is 10.1. The monoisotopic (exact) mass is 298 g/mol. The highest BCUT2D eigenvalue weighted by atomic mass is 32.1. The van der Waals surface area contributed by atoms with Gasteiger partial charge in [-0.1, -0.05) is 19.4 Å². The summed E-state index contributed by atoms with van der Waals surface area (Å²) in [6.07, 6.45) is 1.02. The summed E-state index contributed by atoms with van der Waals surface area (Å²) >= 11 is 1.30. The Morgan fingerprint density at radius 2 is 2.15 bits per heavy atom. The van der Waals surface area contributed by atoms with Crippen molar-refractivity contribution in [3.63, 3.8) is 0 Å². The molecule has 2 amide bonds. The standard InChI is InChI=1S/C13H18N2O4S/c1-3-5-9(13(18)19)14-11(16)8-15(2)12(17)10-6-4-7-20-10/h4,6-7,9H,3,5,8H2,1-2H3,(H,14,16)(H,18,19)/t9-/m0/s1. The van der Waals surface area contributed by atoms with Crippen LogP contribution in [0.3, 0.4) is 0 Å². The number of amides is 2. The van der Waals surface area contributed by atoms with Gasteiger partial charge in [-0.15, -0.1) is 11.3 Å². The number of nitrogens with one attached hydrogen (secondary N) is 1. The largest absolute Gasteiger partial charge is 0.480 e. The smallest absolute Gasteiger partial charge is 0.326 e. The second-order valence-electron chi connectivity index (χ2n) is 4.39. The molecular weight excluding hydrogens is 280 g/mol. The molecule has 0 aliphatic carbocycles. The molecule has 1 rings (SSSR count). The van der Waals surface area contributed by atoms with Gasteiger partial charge in [-0.25, -0.2) is 4.79 Å². The van der Waals surface area contributed by atoms with E-state index in [9.17, 15) is 14.4 Å². The molecule has 1 atom stereocenters. The maximum atomic E-state index is 11.9. The Morgan fingerprint density at radius 1 is 1.45 bits per heavy atom. The molecule has 0 radical (unpaired) electrons. The number of hydrogen-bond acceptors (Lipinski definition) is 4. The summed E-state index contributed by atoms with van der Waals surface area (Å²) in [4.78, 5) is 36.4. The molecular formula is C13H18N2O4S. The van der Waals surface area contributed by atoms with Crippen LogP contribution in [0.2, 0.25) is 0 Å². The molecule has 0 saturated carbocycles. The van der Waals surface area contributed by atoms with Gasteiger partial charge in [-0.2, -0.15) is 0 Å². The van der Waals surface area contributed by atoms with Gasteiger partial charge in [-0.3, -0.25) is 9.59 Å². The molecule has 6 nitrogen and oxygen atoms in total. The predicted octanol–water partition coefficient (Wildman–Crippen LogP) is 1.19. The van der Waals surface area contributed by atoms with Crippen molar-refractivity contribution in [3.8, 4) is 0 Å². The first-order valence-corrected chi connectivity index (χ1v) is 7.14. The lowest BCUT2D eigenvalue weighted by Gasteiger charge is -2.18. The van der Waals surface area contributed by atoms with E-state index in [2.05, 4.69) is 5.32 Å². The van der Waals surface area contributed by atoms with E-state index in [-0.39, 0.29) is 12.5 Å². The van der Waals surface area contributed by atoms with Gasteiger partial charge < -0.3 is 15.3 Å². The minimum absolute atomic E-state index is 0.162. The number of thiophene rings is 1. The van der Waals surface area contributed by atoms with Crippen molar-refractivity contribution in [3.05, 3.63) is 22.4 Å². The maximum Gasteiger partial charge on any atom is 0.326 e. The van der Waals surface area contributed by atoms with Gasteiger partial charge >= 0.3 is 5.97 Å². The van der Waals surface area contributed by atoms with Crippen molar-refractivity contribution in [2.75, 3.05) is 13.6 Å². The summed E-state index contributed by atoms with van der Waals surface area (Å²) < 4.78 is 0. The Kier molecular flexibility index (Phi) is 6.17. The van der Waals surface area contributed by atoms with Gasteiger partial charge in [0.15, 0.2) is 0 Å². The lowest BCUT2D eigenvalue weighted by Crippen LogP contribution is -2.45. The minimum Gasteiger partial charge on any atom is -0.480 e. The first-order valence-electron chi connectivity index (χ1n) is 6.26. The van der Waals surface area contributed by atoms with Gasteiger partial charge in [-0.05, 0) is 17.9 Å². The zero-order valence-electron chi connectivity index (χ0n) is 11.5. The average Bonchev–Trinajstić information content (AvgIpc) is 2.90. The number of hydrogen-bond donors (Lipinski definition) is 2. The Labute approximate surface area is 121 Å². The highest BCUT2D eigenvalue weighted by molar-refractivity contribution is 7.12. The molecule has 2 N–H and O–H groups in total. The van der Waals surface area contributed by atoms with Crippen LogP contribution < -0.4 is 5.32 Å². The number of likely N-dealkylation sites (N-methyl/N-ethyl adjacent to an activating group) is 1. The summed E-state index contributed by atoms with van der Waals surface area (Å²) in [5.41, 5.74) is 0. The maximum absolute atomic E-state index is 11.9. The van der Waals surface area contributed by atoms with Crippen LogP contribution in [-0.2, 0) is 9.59 Å². The molecule has 1 aromatic heterocycles. The lowest BCUT2D eigenvalue weighted by molar-refractivity contribution is -0.142. The molecule has 7 heteroatoms. The molecule has 0 saturated heterocycles. The van der Waals surface area contributed by atoms with E-state index in [4.69, 9.17) is 5.11 Å². The van der Waals surface area contributed by atoms with Crippen LogP contribution in [0.15, 0.2) is 17.5 Å². The molecule has 1 aromatic rings. The predicted molar refractivity (Wildman–Crippen MR) is 75.8 cm³/mol. The van der Waals surface area contributed by atoms with Crippen molar-refractivity contribution in [1.82, 2.24) is 10.2 Å². The van der Waals surface area contributed by atoms with Crippen LogP contribution in [-0.4, -0.2) is 47.4 Å². The fraction of sp³-hybridized carbons (Fsp3) is 0.462. The van der Waals surface area contributed by atoms with Crippen LogP contribution in [0, 0.1) is 0 Å². The number of aliphatic carboxylic acids is 1. The second-order valence-corrected chi connectivity index (χ2v) is 5.33. The van der Waals surface area contributed by atoms with Gasteiger partial charge in [0, 0.05) is 7.05 Å². The number of rotatable bonds is 7. The molecule has 20 heavy (non-hydrogen) atoms. The average molecular weight is 298 g/mol. The topological polar surface area (TPSA) is 86.7 Å².